The number of aliphatic hydroxyl groups excluding tert-OH is 1. The van der Waals surface area contributed by atoms with Crippen molar-refractivity contribution >= 4 is 23.1 Å². The lowest BCUT2D eigenvalue weighted by Crippen LogP contribution is -2.38. The highest BCUT2D eigenvalue weighted by atomic mass is 16.3. The van der Waals surface area contributed by atoms with Gasteiger partial charge in [0.05, 0.1) is 17.3 Å². The van der Waals surface area contributed by atoms with Gasteiger partial charge in [0.1, 0.15) is 11.3 Å². The molecule has 1 saturated heterocycles. The van der Waals surface area contributed by atoms with E-state index in [1.807, 2.05) is 42.5 Å². The Balaban J connectivity index is 1.87. The number of aromatic nitrogens is 2. The molecule has 178 valence electrons. The number of likely N-dealkylation sites (tertiary alicyclic amines) is 1. The zero-order valence-corrected chi connectivity index (χ0v) is 20.3. The number of Topliss-reactive ketones (excluding diaryl/α,β-unsaturated/α-hetero) is 1. The molecule has 0 radical (unpaired) electrons. The Labute approximate surface area is 200 Å². The van der Waals surface area contributed by atoms with Crippen LogP contribution in [0.3, 0.4) is 0 Å². The second-order valence-corrected chi connectivity index (χ2v) is 8.59. The predicted octanol–water partition coefficient (Wildman–Crippen LogP) is 3.97. The molecule has 34 heavy (non-hydrogen) atoms. The fraction of sp³-hybridized carbons (Fsp3) is 0.370. The minimum Gasteiger partial charge on any atom is -0.505 e. The highest BCUT2D eigenvalue weighted by molar-refractivity contribution is 6.46. The van der Waals surface area contributed by atoms with E-state index in [-0.39, 0.29) is 11.3 Å². The Bertz CT molecular complexity index is 1240. The zero-order chi connectivity index (χ0) is 24.4. The van der Waals surface area contributed by atoms with Crippen LogP contribution in [0, 0.1) is 6.92 Å². The van der Waals surface area contributed by atoms with Crippen LogP contribution in [0.4, 0.5) is 0 Å². The van der Waals surface area contributed by atoms with Gasteiger partial charge in [-0.15, -0.1) is 0 Å². The van der Waals surface area contributed by atoms with Crippen LogP contribution in [0.2, 0.25) is 0 Å². The molecule has 1 unspecified atom stereocenters. The van der Waals surface area contributed by atoms with Gasteiger partial charge in [0.2, 0.25) is 0 Å². The normalized spacial score (nSPS) is 17.9. The summed E-state index contributed by atoms with van der Waals surface area (Å²) in [5.74, 6) is -1.43. The monoisotopic (exact) mass is 460 g/mol. The molecule has 7 heteroatoms. The first kappa shape index (κ1) is 23.7. The second kappa shape index (κ2) is 9.81. The van der Waals surface area contributed by atoms with Crippen LogP contribution in [0.5, 0.6) is 0 Å². The van der Waals surface area contributed by atoms with Crippen molar-refractivity contribution < 1.29 is 14.7 Å². The molecule has 1 fully saturated rings. The number of hydrogen-bond acceptors (Lipinski definition) is 5. The van der Waals surface area contributed by atoms with E-state index in [1.54, 1.807) is 22.4 Å². The van der Waals surface area contributed by atoms with Crippen molar-refractivity contribution in [2.75, 3.05) is 26.2 Å². The minimum atomic E-state index is -0.660. The van der Waals surface area contributed by atoms with Crippen molar-refractivity contribution in [2.45, 2.75) is 40.2 Å². The van der Waals surface area contributed by atoms with Crippen LogP contribution in [0.25, 0.3) is 11.4 Å². The summed E-state index contributed by atoms with van der Waals surface area (Å²) in [6.07, 6.45) is 2.69. The molecule has 0 saturated carbocycles. The number of likely N-dealkylation sites (N-methyl/N-ethyl adjacent to an activating group) is 1. The summed E-state index contributed by atoms with van der Waals surface area (Å²) in [7, 11) is 0. The smallest absolute Gasteiger partial charge is 0.295 e. The summed E-state index contributed by atoms with van der Waals surface area (Å²) in [5, 5.41) is 11.5. The number of nitrogens with zero attached hydrogens (tertiary/aromatic N) is 4. The van der Waals surface area contributed by atoms with Gasteiger partial charge in [-0.2, -0.15) is 0 Å². The number of imidazole rings is 1. The first-order valence-corrected chi connectivity index (χ1v) is 11.9. The lowest BCUT2D eigenvalue weighted by atomic mass is 9.95. The van der Waals surface area contributed by atoms with Crippen LogP contribution >= 0.6 is 0 Å². The molecular formula is C27H32N4O3. The standard InChI is InChI=1S/C27H32N4O3/c1-5-19-11-13-20(14-12-19)24-22(26(33)27(34)31(24)17-16-29(6-2)7-3)25(32)23-18(4)28-21-10-8-9-15-30(21)23/h8-15,24,32H,5-7,16-17H2,1-4H3. The number of hydrogen-bond donors (Lipinski definition) is 1. The lowest BCUT2D eigenvalue weighted by Gasteiger charge is -2.28. The highest BCUT2D eigenvalue weighted by Crippen LogP contribution is 2.40. The highest BCUT2D eigenvalue weighted by Gasteiger charge is 2.46. The number of carbonyl (C=O) groups excluding carboxylic acids is 2. The molecule has 4 rings (SSSR count). The largest absolute Gasteiger partial charge is 0.505 e. The maximum absolute atomic E-state index is 13.3. The molecule has 0 aliphatic carbocycles. The fourth-order valence-electron chi connectivity index (χ4n) is 4.71. The molecule has 7 nitrogen and oxygen atoms in total. The van der Waals surface area contributed by atoms with Crippen molar-refractivity contribution in [3.05, 3.63) is 76.7 Å². The molecule has 1 aliphatic heterocycles. The Kier molecular flexibility index (Phi) is 6.84. The van der Waals surface area contributed by atoms with Gasteiger partial charge in [-0.1, -0.05) is 51.1 Å². The third-order valence-corrected chi connectivity index (χ3v) is 6.72. The van der Waals surface area contributed by atoms with Crippen molar-refractivity contribution in [3.63, 3.8) is 0 Å². The van der Waals surface area contributed by atoms with Crippen LogP contribution in [-0.4, -0.2) is 62.2 Å². The molecule has 3 aromatic rings. The number of benzene rings is 1. The van der Waals surface area contributed by atoms with E-state index in [0.717, 1.165) is 25.1 Å². The van der Waals surface area contributed by atoms with E-state index in [1.165, 1.54) is 5.56 Å². The molecule has 0 spiro atoms. The van der Waals surface area contributed by atoms with Gasteiger partial charge in [0.25, 0.3) is 11.7 Å². The Morgan fingerprint density at radius 2 is 1.76 bits per heavy atom. The van der Waals surface area contributed by atoms with Crippen LogP contribution < -0.4 is 0 Å². The molecule has 2 aromatic heterocycles. The molecule has 3 heterocycles. The predicted molar refractivity (Wildman–Crippen MR) is 133 cm³/mol. The maximum Gasteiger partial charge on any atom is 0.295 e. The van der Waals surface area contributed by atoms with E-state index in [4.69, 9.17) is 0 Å². The Morgan fingerprint density at radius 1 is 1.06 bits per heavy atom. The third-order valence-electron chi connectivity index (χ3n) is 6.72. The lowest BCUT2D eigenvalue weighted by molar-refractivity contribution is -0.140. The van der Waals surface area contributed by atoms with Gasteiger partial charge in [-0.3, -0.25) is 14.0 Å². The average Bonchev–Trinajstić information content (AvgIpc) is 3.32. The molecule has 1 atom stereocenters. The first-order valence-electron chi connectivity index (χ1n) is 11.9. The van der Waals surface area contributed by atoms with Gasteiger partial charge in [0, 0.05) is 19.3 Å². The van der Waals surface area contributed by atoms with E-state index in [9.17, 15) is 14.7 Å². The maximum atomic E-state index is 13.3. The molecule has 1 aliphatic rings. The number of rotatable bonds is 8. The number of ketones is 1. The fourth-order valence-corrected chi connectivity index (χ4v) is 4.71. The molecule has 1 aromatic carbocycles. The molecular weight excluding hydrogens is 428 g/mol. The molecule has 1 N–H and O–H groups in total. The number of pyridine rings is 1. The van der Waals surface area contributed by atoms with Crippen molar-refractivity contribution in [1.29, 1.82) is 0 Å². The summed E-state index contributed by atoms with van der Waals surface area (Å²) in [6.45, 7) is 10.8. The van der Waals surface area contributed by atoms with Crippen molar-refractivity contribution in [2.24, 2.45) is 0 Å². The topological polar surface area (TPSA) is 78.1 Å². The van der Waals surface area contributed by atoms with Crippen molar-refractivity contribution in [3.8, 4) is 0 Å². The van der Waals surface area contributed by atoms with Gasteiger partial charge < -0.3 is 14.9 Å². The minimum absolute atomic E-state index is 0.113. The number of amides is 1. The van der Waals surface area contributed by atoms with Gasteiger partial charge in [0.15, 0.2) is 5.76 Å². The number of aryl methyl sites for hydroxylation is 2. The third kappa shape index (κ3) is 4.12. The number of fused-ring (bicyclic) bond motifs is 1. The van der Waals surface area contributed by atoms with E-state index in [2.05, 4.69) is 30.7 Å². The second-order valence-electron chi connectivity index (χ2n) is 8.59. The molecule has 0 bridgehead atoms. The first-order chi connectivity index (χ1) is 16.4. The average molecular weight is 461 g/mol. The summed E-state index contributed by atoms with van der Waals surface area (Å²) < 4.78 is 1.76. The quantitative estimate of drug-likeness (QED) is 0.313. The Morgan fingerprint density at radius 3 is 2.41 bits per heavy atom. The van der Waals surface area contributed by atoms with Crippen LogP contribution in [0.1, 0.15) is 49.3 Å². The Hall–Kier alpha value is -3.45. The SMILES string of the molecule is CCc1ccc(C2C(=C(O)c3c(C)nc4ccccn34)C(=O)C(=O)N2CCN(CC)CC)cc1. The van der Waals surface area contributed by atoms with Crippen LogP contribution in [0.15, 0.2) is 54.2 Å². The number of aliphatic hydroxyl groups is 1. The zero-order valence-electron chi connectivity index (χ0n) is 20.3. The van der Waals surface area contributed by atoms with E-state index >= 15 is 0 Å². The summed E-state index contributed by atoms with van der Waals surface area (Å²) in [5.41, 5.74) is 3.79. The summed E-state index contributed by atoms with van der Waals surface area (Å²) in [4.78, 5) is 34.9. The molecule has 1 amide bonds. The summed E-state index contributed by atoms with van der Waals surface area (Å²) >= 11 is 0. The van der Waals surface area contributed by atoms with Crippen LogP contribution in [-0.2, 0) is 16.0 Å². The van der Waals surface area contributed by atoms with Gasteiger partial charge in [-0.05, 0) is 49.7 Å². The summed E-state index contributed by atoms with van der Waals surface area (Å²) in [6, 6.07) is 12.8. The van der Waals surface area contributed by atoms with Gasteiger partial charge >= 0.3 is 0 Å². The number of carbonyl (C=O) groups is 2. The van der Waals surface area contributed by atoms with E-state index < -0.39 is 17.7 Å². The van der Waals surface area contributed by atoms with E-state index in [0.29, 0.717) is 30.1 Å². The van der Waals surface area contributed by atoms with Gasteiger partial charge in [-0.25, -0.2) is 4.98 Å². The van der Waals surface area contributed by atoms with Crippen molar-refractivity contribution in [1.82, 2.24) is 19.2 Å².